The van der Waals surface area contributed by atoms with Crippen molar-refractivity contribution in [1.82, 2.24) is 9.97 Å². The number of methoxy groups -OCH3 is 1. The summed E-state index contributed by atoms with van der Waals surface area (Å²) in [5, 5.41) is 0. The summed E-state index contributed by atoms with van der Waals surface area (Å²) in [6, 6.07) is 0.503. The molecule has 5 nitrogen and oxygen atoms in total. The highest BCUT2D eigenvalue weighted by atomic mass is 79.9. The van der Waals surface area contributed by atoms with E-state index in [1.54, 1.807) is 13.3 Å². The van der Waals surface area contributed by atoms with Gasteiger partial charge in [-0.2, -0.15) is 4.98 Å². The molecule has 106 valence electrons. The van der Waals surface area contributed by atoms with E-state index in [4.69, 9.17) is 10.5 Å². The van der Waals surface area contributed by atoms with Crippen LogP contribution in [0.25, 0.3) is 0 Å². The van der Waals surface area contributed by atoms with Crippen molar-refractivity contribution < 1.29 is 4.74 Å². The van der Waals surface area contributed by atoms with Gasteiger partial charge in [-0.1, -0.05) is 19.3 Å². The molecule has 1 aliphatic rings. The van der Waals surface area contributed by atoms with Gasteiger partial charge in [0.1, 0.15) is 0 Å². The van der Waals surface area contributed by atoms with Crippen molar-refractivity contribution in [3.8, 4) is 5.88 Å². The first-order valence-electron chi connectivity index (χ1n) is 6.79. The molecule has 1 saturated carbocycles. The number of nitrogens with zero attached hydrogens (tertiary/aromatic N) is 3. The van der Waals surface area contributed by atoms with Gasteiger partial charge >= 0.3 is 0 Å². The van der Waals surface area contributed by atoms with Crippen LogP contribution in [0, 0.1) is 0 Å². The van der Waals surface area contributed by atoms with Gasteiger partial charge in [0.05, 0.1) is 17.8 Å². The number of hydrogen-bond acceptors (Lipinski definition) is 5. The average Bonchev–Trinajstić information content (AvgIpc) is 2.46. The zero-order valence-corrected chi connectivity index (χ0v) is 12.9. The first-order chi connectivity index (χ1) is 9.26. The lowest BCUT2D eigenvalue weighted by Crippen LogP contribution is -2.41. The third-order valence-corrected chi connectivity index (χ3v) is 4.08. The fraction of sp³-hybridized carbons (Fsp3) is 0.692. The van der Waals surface area contributed by atoms with Gasteiger partial charge in [0.2, 0.25) is 11.8 Å². The van der Waals surface area contributed by atoms with E-state index < -0.39 is 0 Å². The van der Waals surface area contributed by atoms with Gasteiger partial charge in [-0.25, -0.2) is 4.98 Å². The van der Waals surface area contributed by atoms with Crippen LogP contribution < -0.4 is 15.4 Å². The second kappa shape index (κ2) is 7.05. The van der Waals surface area contributed by atoms with E-state index in [0.717, 1.165) is 17.0 Å². The molecule has 1 aliphatic carbocycles. The normalized spacial score (nSPS) is 16.4. The monoisotopic (exact) mass is 328 g/mol. The molecule has 0 aromatic carbocycles. The lowest BCUT2D eigenvalue weighted by atomic mass is 9.94. The first kappa shape index (κ1) is 14.5. The van der Waals surface area contributed by atoms with E-state index in [1.165, 1.54) is 32.1 Å². The summed E-state index contributed by atoms with van der Waals surface area (Å²) in [7, 11) is 1.62. The van der Waals surface area contributed by atoms with Crippen LogP contribution in [0.1, 0.15) is 32.1 Å². The zero-order chi connectivity index (χ0) is 13.7. The highest BCUT2D eigenvalue weighted by Crippen LogP contribution is 2.28. The second-order valence-electron chi connectivity index (χ2n) is 4.80. The lowest BCUT2D eigenvalue weighted by Gasteiger charge is -2.34. The van der Waals surface area contributed by atoms with Crippen molar-refractivity contribution in [2.75, 3.05) is 25.1 Å². The smallest absolute Gasteiger partial charge is 0.232 e. The predicted octanol–water partition coefficient (Wildman–Crippen LogP) is 2.35. The van der Waals surface area contributed by atoms with Crippen LogP contribution >= 0.6 is 15.9 Å². The topological polar surface area (TPSA) is 64.3 Å². The van der Waals surface area contributed by atoms with Gasteiger partial charge in [-0.3, -0.25) is 0 Å². The molecule has 2 rings (SSSR count). The zero-order valence-electron chi connectivity index (χ0n) is 11.3. The highest BCUT2D eigenvalue weighted by Gasteiger charge is 2.23. The fourth-order valence-electron chi connectivity index (χ4n) is 2.60. The Morgan fingerprint density at radius 1 is 1.42 bits per heavy atom. The van der Waals surface area contributed by atoms with Crippen LogP contribution in [0.3, 0.4) is 0 Å². The molecule has 1 fully saturated rings. The molecular weight excluding hydrogens is 308 g/mol. The molecule has 0 atom stereocenters. The summed E-state index contributed by atoms with van der Waals surface area (Å²) in [6.07, 6.45) is 8.02. The third kappa shape index (κ3) is 3.57. The highest BCUT2D eigenvalue weighted by molar-refractivity contribution is 9.10. The number of anilines is 1. The maximum atomic E-state index is 5.74. The van der Waals surface area contributed by atoms with Gasteiger partial charge in [-0.05, 0) is 28.8 Å². The minimum atomic E-state index is 0.503. The average molecular weight is 329 g/mol. The first-order valence-corrected chi connectivity index (χ1v) is 7.58. The van der Waals surface area contributed by atoms with Crippen molar-refractivity contribution >= 4 is 21.9 Å². The van der Waals surface area contributed by atoms with Crippen molar-refractivity contribution in [2.24, 2.45) is 5.73 Å². The number of aromatic nitrogens is 2. The van der Waals surface area contributed by atoms with E-state index in [-0.39, 0.29) is 0 Å². The lowest BCUT2D eigenvalue weighted by molar-refractivity contribution is 0.387. The van der Waals surface area contributed by atoms with Gasteiger partial charge in [0.25, 0.3) is 0 Å². The largest absolute Gasteiger partial charge is 0.480 e. The standard InChI is InChI=1S/C13H21BrN4O/c1-19-12-11(14)9-16-13(17-12)18(8-7-15)10-5-3-2-4-6-10/h9-10H,2-8,15H2,1H3. The van der Waals surface area contributed by atoms with E-state index in [9.17, 15) is 0 Å². The Morgan fingerprint density at radius 2 is 2.16 bits per heavy atom. The van der Waals surface area contributed by atoms with E-state index >= 15 is 0 Å². The van der Waals surface area contributed by atoms with E-state index in [0.29, 0.717) is 18.5 Å². The number of halogens is 1. The summed E-state index contributed by atoms with van der Waals surface area (Å²) in [4.78, 5) is 11.1. The van der Waals surface area contributed by atoms with Crippen LogP contribution in [-0.4, -0.2) is 36.2 Å². The minimum Gasteiger partial charge on any atom is -0.480 e. The third-order valence-electron chi connectivity index (χ3n) is 3.53. The van der Waals surface area contributed by atoms with Crippen molar-refractivity contribution in [3.05, 3.63) is 10.7 Å². The molecule has 0 aliphatic heterocycles. The molecule has 0 spiro atoms. The maximum Gasteiger partial charge on any atom is 0.232 e. The number of rotatable bonds is 5. The molecule has 1 aromatic heterocycles. The van der Waals surface area contributed by atoms with Crippen molar-refractivity contribution in [1.29, 1.82) is 0 Å². The number of nitrogens with two attached hydrogens (primary N) is 1. The Balaban J connectivity index is 2.22. The SMILES string of the molecule is COc1nc(N(CCN)C2CCCCC2)ncc1Br. The van der Waals surface area contributed by atoms with Crippen LogP contribution in [0.15, 0.2) is 10.7 Å². The summed E-state index contributed by atoms with van der Waals surface area (Å²) in [5.74, 6) is 1.29. The molecule has 0 amide bonds. The molecule has 1 heterocycles. The number of ether oxygens (including phenoxy) is 1. The summed E-state index contributed by atoms with van der Waals surface area (Å²) in [6.45, 7) is 1.40. The summed E-state index contributed by atoms with van der Waals surface area (Å²) >= 11 is 3.38. The van der Waals surface area contributed by atoms with Gasteiger partial charge in [0, 0.05) is 19.1 Å². The molecule has 19 heavy (non-hydrogen) atoms. The molecule has 6 heteroatoms. The predicted molar refractivity (Wildman–Crippen MR) is 79.6 cm³/mol. The van der Waals surface area contributed by atoms with Gasteiger partial charge in [0.15, 0.2) is 0 Å². The Labute approximate surface area is 122 Å². The fourth-order valence-corrected chi connectivity index (χ4v) is 2.95. The molecule has 2 N–H and O–H groups in total. The van der Waals surface area contributed by atoms with Gasteiger partial charge < -0.3 is 15.4 Å². The molecule has 1 aromatic rings. The van der Waals surface area contributed by atoms with Crippen LogP contribution in [0.5, 0.6) is 5.88 Å². The molecular formula is C13H21BrN4O. The number of hydrogen-bond donors (Lipinski definition) is 1. The molecule has 0 bridgehead atoms. The van der Waals surface area contributed by atoms with Crippen molar-refractivity contribution in [3.63, 3.8) is 0 Å². The van der Waals surface area contributed by atoms with Gasteiger partial charge in [-0.15, -0.1) is 0 Å². The summed E-state index contributed by atoms with van der Waals surface area (Å²) in [5.41, 5.74) is 5.74. The van der Waals surface area contributed by atoms with Crippen molar-refractivity contribution in [2.45, 2.75) is 38.1 Å². The maximum absolute atomic E-state index is 5.74. The Kier molecular flexibility index (Phi) is 5.39. The van der Waals surface area contributed by atoms with Crippen LogP contribution in [0.2, 0.25) is 0 Å². The van der Waals surface area contributed by atoms with E-state index in [2.05, 4.69) is 30.8 Å². The quantitative estimate of drug-likeness (QED) is 0.898. The molecule has 0 radical (unpaired) electrons. The summed E-state index contributed by atoms with van der Waals surface area (Å²) < 4.78 is 6.02. The van der Waals surface area contributed by atoms with E-state index in [1.807, 2.05) is 0 Å². The van der Waals surface area contributed by atoms with Crippen LogP contribution in [-0.2, 0) is 0 Å². The molecule has 0 unspecified atom stereocenters. The minimum absolute atomic E-state index is 0.503. The second-order valence-corrected chi connectivity index (χ2v) is 5.66. The molecule has 0 saturated heterocycles. The Bertz CT molecular complexity index is 410. The van der Waals surface area contributed by atoms with Crippen LogP contribution in [0.4, 0.5) is 5.95 Å². The Hall–Kier alpha value is -0.880. The Morgan fingerprint density at radius 3 is 2.79 bits per heavy atom.